The van der Waals surface area contributed by atoms with Crippen molar-refractivity contribution >= 4 is 0 Å². The Bertz CT molecular complexity index is 705. The van der Waals surface area contributed by atoms with E-state index < -0.39 is 11.9 Å². The van der Waals surface area contributed by atoms with Gasteiger partial charge in [0.05, 0.1) is 6.54 Å². The minimum absolute atomic E-state index is 0.0310. The number of benzene rings is 1. The average molecular weight is 320 g/mol. The van der Waals surface area contributed by atoms with Gasteiger partial charge in [0.2, 0.25) is 5.89 Å². The fourth-order valence-electron chi connectivity index (χ4n) is 2.19. The second-order valence-corrected chi connectivity index (χ2v) is 6.89. The third-order valence-corrected chi connectivity index (χ3v) is 3.27. The van der Waals surface area contributed by atoms with Gasteiger partial charge in [0.25, 0.3) is 0 Å². The average Bonchev–Trinajstić information content (AvgIpc) is 2.77. The highest BCUT2D eigenvalue weighted by Gasteiger charge is 2.23. The molecular formula is C17H24N2O4. The van der Waals surface area contributed by atoms with Crippen molar-refractivity contribution in [2.75, 3.05) is 6.61 Å². The molecule has 0 aliphatic rings. The van der Waals surface area contributed by atoms with Crippen molar-refractivity contribution in [2.24, 2.45) is 0 Å². The summed E-state index contributed by atoms with van der Waals surface area (Å²) in [5, 5.41) is 14.2. The molecule has 0 aliphatic carbocycles. The number of aryl methyl sites for hydroxylation is 2. The van der Waals surface area contributed by atoms with Crippen molar-refractivity contribution < 1.29 is 14.3 Å². The van der Waals surface area contributed by atoms with Gasteiger partial charge in [-0.25, -0.2) is 4.79 Å². The molecule has 1 N–H and O–H groups in total. The Labute approximate surface area is 135 Å². The lowest BCUT2D eigenvalue weighted by atomic mass is 9.97. The molecule has 6 heteroatoms. The fraction of sp³-hybridized carbons (Fsp3) is 0.529. The molecule has 1 heterocycles. The second-order valence-electron chi connectivity index (χ2n) is 6.89. The summed E-state index contributed by atoms with van der Waals surface area (Å²) in [7, 11) is 0. The first-order valence-corrected chi connectivity index (χ1v) is 7.63. The van der Waals surface area contributed by atoms with Crippen LogP contribution in [0.1, 0.15) is 37.8 Å². The first kappa shape index (κ1) is 17.3. The maximum atomic E-state index is 11.8. The van der Waals surface area contributed by atoms with Crippen LogP contribution < -0.4 is 10.5 Å². The van der Waals surface area contributed by atoms with E-state index in [1.807, 2.05) is 52.8 Å². The molecule has 6 nitrogen and oxygen atoms in total. The number of aliphatic hydroxyl groups excluding tert-OH is 1. The lowest BCUT2D eigenvalue weighted by Gasteiger charge is -2.13. The number of aromatic nitrogens is 2. The van der Waals surface area contributed by atoms with Gasteiger partial charge in [0.1, 0.15) is 18.5 Å². The van der Waals surface area contributed by atoms with E-state index in [1.165, 1.54) is 0 Å². The van der Waals surface area contributed by atoms with Crippen molar-refractivity contribution in [3.63, 3.8) is 0 Å². The summed E-state index contributed by atoms with van der Waals surface area (Å²) >= 11 is 0. The van der Waals surface area contributed by atoms with Crippen molar-refractivity contribution in [3.05, 3.63) is 45.8 Å². The predicted octanol–water partition coefficient (Wildman–Crippen LogP) is 2.19. The van der Waals surface area contributed by atoms with E-state index in [0.717, 1.165) is 15.8 Å². The monoisotopic (exact) mass is 320 g/mol. The first-order chi connectivity index (χ1) is 10.6. The Morgan fingerprint density at radius 1 is 1.26 bits per heavy atom. The highest BCUT2D eigenvalue weighted by Crippen LogP contribution is 2.18. The molecule has 0 saturated carbocycles. The van der Waals surface area contributed by atoms with Crippen molar-refractivity contribution in [2.45, 2.75) is 52.7 Å². The van der Waals surface area contributed by atoms with Crippen LogP contribution in [0.5, 0.6) is 5.75 Å². The number of hydrogen-bond donors (Lipinski definition) is 1. The molecule has 1 aromatic heterocycles. The Kier molecular flexibility index (Phi) is 4.94. The zero-order chi connectivity index (χ0) is 17.2. The molecule has 0 fully saturated rings. The summed E-state index contributed by atoms with van der Waals surface area (Å²) in [6, 6.07) is 5.85. The third kappa shape index (κ3) is 4.69. The van der Waals surface area contributed by atoms with Crippen LogP contribution in [0, 0.1) is 13.8 Å². The molecule has 1 aromatic carbocycles. The Balaban J connectivity index is 1.98. The van der Waals surface area contributed by atoms with Gasteiger partial charge in [0, 0.05) is 5.41 Å². The van der Waals surface area contributed by atoms with Gasteiger partial charge in [0.15, 0.2) is 0 Å². The van der Waals surface area contributed by atoms with E-state index in [-0.39, 0.29) is 18.6 Å². The Morgan fingerprint density at radius 3 is 2.39 bits per heavy atom. The lowest BCUT2D eigenvalue weighted by Crippen LogP contribution is -2.29. The van der Waals surface area contributed by atoms with Crippen LogP contribution in [0.4, 0.5) is 0 Å². The highest BCUT2D eigenvalue weighted by atomic mass is 16.5. The maximum Gasteiger partial charge on any atom is 0.437 e. The summed E-state index contributed by atoms with van der Waals surface area (Å²) in [5.41, 5.74) is 1.83. The van der Waals surface area contributed by atoms with Crippen LogP contribution in [0.2, 0.25) is 0 Å². The SMILES string of the molecule is Cc1cc(C)cc(OCC(O)Cn2nc(C(C)(C)C)oc2=O)c1. The molecule has 2 aromatic rings. The Morgan fingerprint density at radius 2 is 1.87 bits per heavy atom. The van der Waals surface area contributed by atoms with Crippen molar-refractivity contribution in [3.8, 4) is 5.75 Å². The van der Waals surface area contributed by atoms with Gasteiger partial charge in [-0.05, 0) is 37.1 Å². The summed E-state index contributed by atoms with van der Waals surface area (Å²) in [6.45, 7) is 9.79. The molecule has 0 aliphatic heterocycles. The first-order valence-electron chi connectivity index (χ1n) is 7.63. The Hall–Kier alpha value is -2.08. The molecule has 2 rings (SSSR count). The highest BCUT2D eigenvalue weighted by molar-refractivity contribution is 5.32. The summed E-state index contributed by atoms with van der Waals surface area (Å²) in [5.74, 6) is 0.481. The minimum atomic E-state index is -0.855. The molecule has 1 unspecified atom stereocenters. The molecule has 0 bridgehead atoms. The maximum absolute atomic E-state index is 11.8. The minimum Gasteiger partial charge on any atom is -0.491 e. The van der Waals surface area contributed by atoms with Crippen LogP contribution in [0.25, 0.3) is 0 Å². The van der Waals surface area contributed by atoms with Gasteiger partial charge in [-0.3, -0.25) is 0 Å². The van der Waals surface area contributed by atoms with E-state index in [2.05, 4.69) is 5.10 Å². The molecular weight excluding hydrogens is 296 g/mol. The van der Waals surface area contributed by atoms with Crippen LogP contribution in [0.15, 0.2) is 27.4 Å². The zero-order valence-electron chi connectivity index (χ0n) is 14.3. The largest absolute Gasteiger partial charge is 0.491 e. The zero-order valence-corrected chi connectivity index (χ0v) is 14.3. The van der Waals surface area contributed by atoms with E-state index in [0.29, 0.717) is 11.6 Å². The van der Waals surface area contributed by atoms with E-state index in [1.54, 1.807) is 0 Å². The normalized spacial score (nSPS) is 13.1. The summed E-state index contributed by atoms with van der Waals surface area (Å²) in [6.07, 6.45) is -0.855. The standard InChI is InChI=1S/C17H24N2O4/c1-11-6-12(2)8-14(7-11)22-10-13(20)9-19-16(21)23-15(18-19)17(3,4)5/h6-8,13,20H,9-10H2,1-5H3. The van der Waals surface area contributed by atoms with Crippen LogP contribution >= 0.6 is 0 Å². The van der Waals surface area contributed by atoms with E-state index >= 15 is 0 Å². The summed E-state index contributed by atoms with van der Waals surface area (Å²) in [4.78, 5) is 11.8. The molecule has 23 heavy (non-hydrogen) atoms. The van der Waals surface area contributed by atoms with Crippen molar-refractivity contribution in [1.29, 1.82) is 0 Å². The molecule has 0 amide bonds. The van der Waals surface area contributed by atoms with Gasteiger partial charge >= 0.3 is 5.76 Å². The van der Waals surface area contributed by atoms with E-state index in [9.17, 15) is 9.90 Å². The molecule has 0 spiro atoms. The van der Waals surface area contributed by atoms with Crippen LogP contribution in [-0.4, -0.2) is 27.6 Å². The lowest BCUT2D eigenvalue weighted by molar-refractivity contribution is 0.0874. The van der Waals surface area contributed by atoms with E-state index in [4.69, 9.17) is 9.15 Å². The molecule has 0 saturated heterocycles. The fourth-order valence-corrected chi connectivity index (χ4v) is 2.19. The van der Waals surface area contributed by atoms with Gasteiger partial charge in [-0.1, -0.05) is 26.8 Å². The number of hydrogen-bond acceptors (Lipinski definition) is 5. The van der Waals surface area contributed by atoms with Crippen LogP contribution in [0.3, 0.4) is 0 Å². The molecule has 126 valence electrons. The van der Waals surface area contributed by atoms with Gasteiger partial charge in [-0.2, -0.15) is 4.68 Å². The molecule has 1 atom stereocenters. The third-order valence-electron chi connectivity index (χ3n) is 3.27. The quantitative estimate of drug-likeness (QED) is 0.914. The van der Waals surface area contributed by atoms with Crippen LogP contribution in [-0.2, 0) is 12.0 Å². The topological polar surface area (TPSA) is 77.5 Å². The summed E-state index contributed by atoms with van der Waals surface area (Å²) < 4.78 is 11.8. The smallest absolute Gasteiger partial charge is 0.437 e. The molecule has 0 radical (unpaired) electrons. The van der Waals surface area contributed by atoms with Crippen molar-refractivity contribution in [1.82, 2.24) is 9.78 Å². The predicted molar refractivity (Wildman–Crippen MR) is 86.9 cm³/mol. The number of nitrogens with zero attached hydrogens (tertiary/aromatic N) is 2. The number of ether oxygens (including phenoxy) is 1. The second kappa shape index (κ2) is 6.58. The number of rotatable bonds is 5. The van der Waals surface area contributed by atoms with Gasteiger partial charge < -0.3 is 14.3 Å². The number of aliphatic hydroxyl groups is 1. The van der Waals surface area contributed by atoms with Gasteiger partial charge in [-0.15, -0.1) is 5.10 Å².